The van der Waals surface area contributed by atoms with Gasteiger partial charge >= 0.3 is 0 Å². The van der Waals surface area contributed by atoms with Crippen molar-refractivity contribution in [1.82, 2.24) is 20.3 Å². The molecule has 2 aromatic heterocycles. The van der Waals surface area contributed by atoms with E-state index in [0.717, 1.165) is 5.56 Å². The van der Waals surface area contributed by atoms with Gasteiger partial charge in [-0.05, 0) is 31.5 Å². The highest BCUT2D eigenvalue weighted by Crippen LogP contribution is 2.30. The van der Waals surface area contributed by atoms with Crippen LogP contribution in [-0.2, 0) is 0 Å². The fourth-order valence-electron chi connectivity index (χ4n) is 2.74. The normalized spacial score (nSPS) is 10.1. The van der Waals surface area contributed by atoms with Gasteiger partial charge in [0.1, 0.15) is 5.82 Å². The summed E-state index contributed by atoms with van der Waals surface area (Å²) >= 11 is 0. The van der Waals surface area contributed by atoms with Crippen molar-refractivity contribution < 1.29 is 19.0 Å². The number of amides is 1. The van der Waals surface area contributed by atoms with Gasteiger partial charge in [0.15, 0.2) is 17.4 Å². The van der Waals surface area contributed by atoms with Crippen LogP contribution in [0.2, 0.25) is 0 Å². The van der Waals surface area contributed by atoms with Crippen LogP contribution in [0.1, 0.15) is 42.6 Å². The molecule has 176 valence electrons. The molecule has 0 atom stereocenters. The Hall–Kier alpha value is -3.59. The highest BCUT2D eigenvalue weighted by Gasteiger charge is 2.16. The number of nitrogens with one attached hydrogen (secondary N) is 2. The predicted octanol–water partition coefficient (Wildman–Crippen LogP) is 4.27. The van der Waals surface area contributed by atoms with Gasteiger partial charge in [-0.2, -0.15) is 0 Å². The quantitative estimate of drug-likeness (QED) is 0.435. The molecular weight excluding hydrogens is 425 g/mol. The van der Waals surface area contributed by atoms with Crippen LogP contribution in [0.3, 0.4) is 0 Å². The minimum atomic E-state index is -0.440. The van der Waals surface area contributed by atoms with E-state index in [4.69, 9.17) is 9.84 Å². The molecule has 3 rings (SSSR count). The molecule has 0 aliphatic carbocycles. The second kappa shape index (κ2) is 13.1. The number of halogens is 1. The average molecular weight is 456 g/mol. The molecule has 2 heterocycles. The van der Waals surface area contributed by atoms with Crippen molar-refractivity contribution in [1.29, 1.82) is 0 Å². The summed E-state index contributed by atoms with van der Waals surface area (Å²) in [5.41, 5.74) is 1.87. The number of benzene rings is 1. The van der Waals surface area contributed by atoms with Gasteiger partial charge in [-0.25, -0.2) is 14.4 Å². The highest BCUT2D eigenvalue weighted by molar-refractivity contribution is 6.00. The number of aliphatic hydroxyl groups is 1. The molecule has 0 bridgehead atoms. The molecule has 0 unspecified atom stereocenters. The highest BCUT2D eigenvalue weighted by atomic mass is 19.1. The Bertz CT molecular complexity index is 1060. The van der Waals surface area contributed by atoms with E-state index >= 15 is 0 Å². The fraction of sp³-hybridized carbons (Fsp3) is 0.333. The number of hydrogen-bond acceptors (Lipinski definition) is 7. The lowest BCUT2D eigenvalue weighted by atomic mass is 10.1. The number of rotatable bonds is 8. The van der Waals surface area contributed by atoms with Crippen LogP contribution in [0.15, 0.2) is 42.9 Å². The third kappa shape index (κ3) is 7.21. The number of ether oxygens (including phenoxy) is 1. The van der Waals surface area contributed by atoms with Crippen LogP contribution in [0.5, 0.6) is 5.75 Å². The van der Waals surface area contributed by atoms with Gasteiger partial charge in [0.05, 0.1) is 30.1 Å². The summed E-state index contributed by atoms with van der Waals surface area (Å²) in [6, 6.07) is 6.31. The Labute approximate surface area is 193 Å². The minimum absolute atomic E-state index is 0.0190. The molecule has 0 aliphatic heterocycles. The number of aliphatic hydroxyl groups excluding tert-OH is 1. The Morgan fingerprint density at radius 2 is 1.97 bits per heavy atom. The van der Waals surface area contributed by atoms with Crippen molar-refractivity contribution in [3.8, 4) is 17.1 Å². The van der Waals surface area contributed by atoms with Crippen LogP contribution >= 0.6 is 0 Å². The number of anilines is 2. The standard InChI is InChI=1S/C21H22FN5O3.C3H8/c1-13-4-5-16(22)14(10-13)19-25-12-18(30-2)20(27-19)26-17-6-8-23-11-15(17)21(29)24-7-3-9-28;1-3-2/h4-6,8,10-12,28H,3,7,9H2,1-2H3,(H,24,29)(H,23,25,26,27);3H2,1-2H3. The zero-order chi connectivity index (χ0) is 24.2. The minimum Gasteiger partial charge on any atom is -0.491 e. The zero-order valence-corrected chi connectivity index (χ0v) is 19.4. The summed E-state index contributed by atoms with van der Waals surface area (Å²) in [7, 11) is 1.46. The number of pyridine rings is 1. The van der Waals surface area contributed by atoms with Gasteiger partial charge in [0, 0.05) is 25.5 Å². The fourth-order valence-corrected chi connectivity index (χ4v) is 2.74. The predicted molar refractivity (Wildman–Crippen MR) is 126 cm³/mol. The van der Waals surface area contributed by atoms with Crippen molar-refractivity contribution >= 4 is 17.4 Å². The molecule has 9 heteroatoms. The Morgan fingerprint density at radius 1 is 1.21 bits per heavy atom. The number of carbonyl (C=O) groups excluding carboxylic acids is 1. The second-order valence-electron chi connectivity index (χ2n) is 7.18. The van der Waals surface area contributed by atoms with Crippen LogP contribution in [0, 0.1) is 12.7 Å². The molecule has 0 saturated heterocycles. The van der Waals surface area contributed by atoms with E-state index in [1.54, 1.807) is 18.2 Å². The monoisotopic (exact) mass is 455 g/mol. The maximum absolute atomic E-state index is 14.3. The third-order valence-electron chi connectivity index (χ3n) is 4.28. The van der Waals surface area contributed by atoms with E-state index in [0.29, 0.717) is 30.0 Å². The number of aryl methyl sites for hydroxylation is 1. The van der Waals surface area contributed by atoms with Gasteiger partial charge in [-0.3, -0.25) is 9.78 Å². The van der Waals surface area contributed by atoms with E-state index in [1.807, 2.05) is 6.92 Å². The molecule has 0 aliphatic rings. The first kappa shape index (κ1) is 25.7. The number of hydrogen-bond donors (Lipinski definition) is 3. The van der Waals surface area contributed by atoms with Crippen LogP contribution in [-0.4, -0.2) is 46.2 Å². The average Bonchev–Trinajstić information content (AvgIpc) is 2.81. The molecule has 33 heavy (non-hydrogen) atoms. The molecule has 0 radical (unpaired) electrons. The zero-order valence-electron chi connectivity index (χ0n) is 19.4. The molecule has 0 spiro atoms. The molecule has 3 N–H and O–H groups in total. The Kier molecular flexibility index (Phi) is 10.2. The summed E-state index contributed by atoms with van der Waals surface area (Å²) in [4.78, 5) is 25.1. The number of nitrogens with zero attached hydrogens (tertiary/aromatic N) is 3. The summed E-state index contributed by atoms with van der Waals surface area (Å²) in [5.74, 6) is -0.00150. The summed E-state index contributed by atoms with van der Waals surface area (Å²) in [5, 5.41) is 14.7. The Morgan fingerprint density at radius 3 is 2.67 bits per heavy atom. The van der Waals surface area contributed by atoms with Crippen molar-refractivity contribution in [3.05, 3.63) is 59.8 Å². The summed E-state index contributed by atoms with van der Waals surface area (Å²) in [6.45, 7) is 6.41. The molecule has 0 fully saturated rings. The number of methoxy groups -OCH3 is 1. The van der Waals surface area contributed by atoms with Gasteiger partial charge in [0.2, 0.25) is 0 Å². The first-order valence-electron chi connectivity index (χ1n) is 10.7. The van der Waals surface area contributed by atoms with Crippen LogP contribution < -0.4 is 15.4 Å². The molecule has 1 aromatic carbocycles. The van der Waals surface area contributed by atoms with Crippen LogP contribution in [0.25, 0.3) is 11.4 Å². The van der Waals surface area contributed by atoms with E-state index in [9.17, 15) is 9.18 Å². The van der Waals surface area contributed by atoms with E-state index in [1.165, 1.54) is 38.2 Å². The largest absolute Gasteiger partial charge is 0.491 e. The van der Waals surface area contributed by atoms with Gasteiger partial charge in [-0.1, -0.05) is 31.9 Å². The van der Waals surface area contributed by atoms with E-state index < -0.39 is 5.82 Å². The van der Waals surface area contributed by atoms with Gasteiger partial charge in [0.25, 0.3) is 5.91 Å². The lowest BCUT2D eigenvalue weighted by molar-refractivity contribution is 0.0951. The van der Waals surface area contributed by atoms with Gasteiger partial charge in [-0.15, -0.1) is 0 Å². The Balaban J connectivity index is 0.00000122. The van der Waals surface area contributed by atoms with E-state index in [-0.39, 0.29) is 29.7 Å². The maximum atomic E-state index is 14.3. The lowest BCUT2D eigenvalue weighted by Gasteiger charge is -2.14. The summed E-state index contributed by atoms with van der Waals surface area (Å²) < 4.78 is 19.6. The first-order valence-corrected chi connectivity index (χ1v) is 10.7. The van der Waals surface area contributed by atoms with Gasteiger partial charge < -0.3 is 20.5 Å². The number of aromatic nitrogens is 3. The topological polar surface area (TPSA) is 109 Å². The van der Waals surface area contributed by atoms with Crippen molar-refractivity contribution in [2.45, 2.75) is 33.6 Å². The maximum Gasteiger partial charge on any atom is 0.254 e. The second-order valence-corrected chi connectivity index (χ2v) is 7.18. The molecule has 0 saturated carbocycles. The first-order chi connectivity index (χ1) is 15.9. The van der Waals surface area contributed by atoms with Crippen LogP contribution in [0.4, 0.5) is 15.9 Å². The van der Waals surface area contributed by atoms with Crippen molar-refractivity contribution in [2.24, 2.45) is 0 Å². The smallest absolute Gasteiger partial charge is 0.254 e. The molecule has 8 nitrogen and oxygen atoms in total. The number of carbonyl (C=O) groups is 1. The molecular formula is C24H30FN5O3. The third-order valence-corrected chi connectivity index (χ3v) is 4.28. The SMILES string of the molecule is CCC.COc1cnc(-c2cc(C)ccc2F)nc1Nc1ccncc1C(=O)NCCCO. The van der Waals surface area contributed by atoms with Crippen molar-refractivity contribution in [2.75, 3.05) is 25.6 Å². The molecule has 1 amide bonds. The molecule has 3 aromatic rings. The van der Waals surface area contributed by atoms with E-state index in [2.05, 4.69) is 39.4 Å². The summed E-state index contributed by atoms with van der Waals surface area (Å²) in [6.07, 6.45) is 6.08. The van der Waals surface area contributed by atoms with Crippen molar-refractivity contribution in [3.63, 3.8) is 0 Å². The lowest BCUT2D eigenvalue weighted by Crippen LogP contribution is -2.26.